The Morgan fingerprint density at radius 3 is 2.62 bits per heavy atom. The van der Waals surface area contributed by atoms with Gasteiger partial charge in [0.15, 0.2) is 0 Å². The van der Waals surface area contributed by atoms with Crippen molar-refractivity contribution in [3.63, 3.8) is 0 Å². The van der Waals surface area contributed by atoms with Crippen LogP contribution in [0.25, 0.3) is 22.0 Å². The molecule has 5 rings (SSSR count). The van der Waals surface area contributed by atoms with Crippen molar-refractivity contribution >= 4 is 34.0 Å². The number of carbonyl (C=O) groups excluding carboxylic acids is 1. The molecule has 5 heteroatoms. The molecule has 132 valence electrons. The first-order chi connectivity index (χ1) is 12.8. The zero-order chi connectivity index (χ0) is 17.5. The first-order valence-electron chi connectivity index (χ1n) is 9.26. The Morgan fingerprint density at radius 2 is 1.88 bits per heavy atom. The van der Waals surface area contributed by atoms with Crippen molar-refractivity contribution < 1.29 is 4.79 Å². The number of amides is 1. The topological polar surface area (TPSA) is 36.4 Å². The molecule has 1 aromatic carbocycles. The van der Waals surface area contributed by atoms with Gasteiger partial charge in [-0.25, -0.2) is 4.98 Å². The van der Waals surface area contributed by atoms with E-state index in [0.717, 1.165) is 50.4 Å². The molecule has 2 aromatic heterocycles. The number of hydrogen-bond acceptors (Lipinski definition) is 4. The van der Waals surface area contributed by atoms with Crippen LogP contribution < -0.4 is 4.90 Å². The van der Waals surface area contributed by atoms with Gasteiger partial charge in [0.2, 0.25) is 5.91 Å². The van der Waals surface area contributed by atoms with Crippen molar-refractivity contribution in [1.29, 1.82) is 0 Å². The number of nitrogens with zero attached hydrogens (tertiary/aromatic N) is 3. The Labute approximate surface area is 157 Å². The molecular weight excluding hydrogens is 342 g/mol. The number of carbonyl (C=O) groups is 1. The molecule has 0 bridgehead atoms. The third-order valence-electron chi connectivity index (χ3n) is 5.38. The third-order valence-corrected chi connectivity index (χ3v) is 6.06. The molecule has 3 aromatic rings. The van der Waals surface area contributed by atoms with Gasteiger partial charge in [0.1, 0.15) is 5.82 Å². The minimum Gasteiger partial charge on any atom is -0.353 e. The van der Waals surface area contributed by atoms with Crippen molar-refractivity contribution in [3.8, 4) is 11.1 Å². The van der Waals surface area contributed by atoms with Gasteiger partial charge in [-0.3, -0.25) is 4.79 Å². The van der Waals surface area contributed by atoms with E-state index in [2.05, 4.69) is 52.1 Å². The first kappa shape index (κ1) is 15.8. The summed E-state index contributed by atoms with van der Waals surface area (Å²) in [5.41, 5.74) is 3.47. The van der Waals surface area contributed by atoms with Crippen molar-refractivity contribution in [3.05, 3.63) is 47.2 Å². The number of hydrogen-bond donors (Lipinski definition) is 0. The third kappa shape index (κ3) is 2.86. The minimum atomic E-state index is 0.313. The van der Waals surface area contributed by atoms with Gasteiger partial charge in [-0.1, -0.05) is 18.2 Å². The Kier molecular flexibility index (Phi) is 3.89. The molecule has 1 aliphatic carbocycles. The Morgan fingerprint density at radius 1 is 1.04 bits per heavy atom. The highest BCUT2D eigenvalue weighted by molar-refractivity contribution is 7.08. The van der Waals surface area contributed by atoms with E-state index < -0.39 is 0 Å². The van der Waals surface area contributed by atoms with Gasteiger partial charge < -0.3 is 9.80 Å². The van der Waals surface area contributed by atoms with Gasteiger partial charge >= 0.3 is 0 Å². The second-order valence-corrected chi connectivity index (χ2v) is 7.93. The van der Waals surface area contributed by atoms with Crippen LogP contribution >= 0.6 is 11.3 Å². The maximum Gasteiger partial charge on any atom is 0.225 e. The lowest BCUT2D eigenvalue weighted by molar-refractivity contribution is -0.132. The van der Waals surface area contributed by atoms with Crippen LogP contribution in [0.5, 0.6) is 0 Å². The molecule has 1 saturated heterocycles. The van der Waals surface area contributed by atoms with E-state index in [9.17, 15) is 4.79 Å². The number of rotatable bonds is 3. The molecule has 3 heterocycles. The van der Waals surface area contributed by atoms with Crippen LogP contribution in [0.3, 0.4) is 0 Å². The van der Waals surface area contributed by atoms with E-state index in [1.54, 1.807) is 11.3 Å². The summed E-state index contributed by atoms with van der Waals surface area (Å²) in [5.74, 6) is 1.68. The summed E-state index contributed by atoms with van der Waals surface area (Å²) in [6.45, 7) is 3.33. The fraction of sp³-hybridized carbons (Fsp3) is 0.333. The normalized spacial score (nSPS) is 17.7. The van der Waals surface area contributed by atoms with E-state index in [0.29, 0.717) is 11.8 Å². The minimum absolute atomic E-state index is 0.313. The molecule has 26 heavy (non-hydrogen) atoms. The van der Waals surface area contributed by atoms with E-state index in [4.69, 9.17) is 4.98 Å². The van der Waals surface area contributed by atoms with Crippen LogP contribution in [0.2, 0.25) is 0 Å². The molecule has 2 aliphatic rings. The van der Waals surface area contributed by atoms with Crippen LogP contribution in [0.4, 0.5) is 5.82 Å². The van der Waals surface area contributed by atoms with E-state index in [1.165, 1.54) is 16.5 Å². The van der Waals surface area contributed by atoms with Crippen molar-refractivity contribution in [2.24, 2.45) is 5.92 Å². The summed E-state index contributed by atoms with van der Waals surface area (Å²) in [6.07, 6.45) is 2.16. The van der Waals surface area contributed by atoms with Crippen molar-refractivity contribution in [2.75, 3.05) is 31.1 Å². The number of pyridine rings is 1. The lowest BCUT2D eigenvalue weighted by Crippen LogP contribution is -2.49. The number of para-hydroxylation sites is 1. The molecular formula is C21H21N3OS. The summed E-state index contributed by atoms with van der Waals surface area (Å²) in [5, 5.41) is 5.44. The number of fused-ring (bicyclic) bond motifs is 1. The van der Waals surface area contributed by atoms with Gasteiger partial charge in [0.25, 0.3) is 0 Å². The highest BCUT2D eigenvalue weighted by atomic mass is 32.1. The van der Waals surface area contributed by atoms with Crippen LogP contribution in [0, 0.1) is 5.92 Å². The van der Waals surface area contributed by atoms with Crippen LogP contribution in [-0.4, -0.2) is 42.0 Å². The molecule has 0 radical (unpaired) electrons. The summed E-state index contributed by atoms with van der Waals surface area (Å²) >= 11 is 1.71. The lowest BCUT2D eigenvalue weighted by Gasteiger charge is -2.35. The number of benzene rings is 1. The SMILES string of the molecule is O=C(C1CC1)N1CCN(c2ccc3cccc(-c4ccsc4)c3n2)CC1. The largest absolute Gasteiger partial charge is 0.353 e. The molecule has 4 nitrogen and oxygen atoms in total. The highest BCUT2D eigenvalue weighted by Crippen LogP contribution is 2.32. The van der Waals surface area contributed by atoms with Gasteiger partial charge in [-0.05, 0) is 47.4 Å². The van der Waals surface area contributed by atoms with Gasteiger partial charge in [-0.2, -0.15) is 11.3 Å². The van der Waals surface area contributed by atoms with Gasteiger partial charge in [-0.15, -0.1) is 0 Å². The summed E-state index contributed by atoms with van der Waals surface area (Å²) < 4.78 is 0. The smallest absolute Gasteiger partial charge is 0.225 e. The summed E-state index contributed by atoms with van der Waals surface area (Å²) in [7, 11) is 0. The quantitative estimate of drug-likeness (QED) is 0.705. The number of thiophene rings is 1. The first-order valence-corrected chi connectivity index (χ1v) is 10.2. The summed E-state index contributed by atoms with van der Waals surface area (Å²) in [6, 6.07) is 12.8. The molecule has 2 fully saturated rings. The maximum atomic E-state index is 12.2. The predicted molar refractivity (Wildman–Crippen MR) is 107 cm³/mol. The molecule has 0 spiro atoms. The van der Waals surface area contributed by atoms with Crippen molar-refractivity contribution in [2.45, 2.75) is 12.8 Å². The monoisotopic (exact) mass is 363 g/mol. The number of aromatic nitrogens is 1. The van der Waals surface area contributed by atoms with Crippen LogP contribution in [0.15, 0.2) is 47.2 Å². The molecule has 1 amide bonds. The van der Waals surface area contributed by atoms with E-state index >= 15 is 0 Å². The fourth-order valence-corrected chi connectivity index (χ4v) is 4.36. The lowest BCUT2D eigenvalue weighted by atomic mass is 10.0. The standard InChI is InChI=1S/C21H21N3OS/c25-21(16-4-5-16)24-11-9-23(10-12-24)19-7-6-15-2-1-3-18(20(15)22-19)17-8-13-26-14-17/h1-3,6-8,13-14,16H,4-5,9-12H2. The van der Waals surface area contributed by atoms with Crippen molar-refractivity contribution in [1.82, 2.24) is 9.88 Å². The highest BCUT2D eigenvalue weighted by Gasteiger charge is 2.34. The Bertz CT molecular complexity index is 941. The molecule has 0 atom stereocenters. The molecule has 0 N–H and O–H groups in total. The maximum absolute atomic E-state index is 12.2. The number of piperazine rings is 1. The zero-order valence-electron chi connectivity index (χ0n) is 14.6. The van der Waals surface area contributed by atoms with Crippen LogP contribution in [-0.2, 0) is 4.79 Å². The predicted octanol–water partition coefficient (Wildman–Crippen LogP) is 4.02. The Hall–Kier alpha value is -2.40. The zero-order valence-corrected chi connectivity index (χ0v) is 15.4. The second kappa shape index (κ2) is 6.40. The van der Waals surface area contributed by atoms with E-state index in [-0.39, 0.29) is 0 Å². The van der Waals surface area contributed by atoms with Crippen LogP contribution in [0.1, 0.15) is 12.8 Å². The van der Waals surface area contributed by atoms with Gasteiger partial charge in [0, 0.05) is 43.0 Å². The molecule has 1 aliphatic heterocycles. The molecule has 0 unspecified atom stereocenters. The van der Waals surface area contributed by atoms with E-state index in [1.807, 2.05) is 4.90 Å². The average Bonchev–Trinajstić information content (AvgIpc) is 3.41. The average molecular weight is 363 g/mol. The summed E-state index contributed by atoms with van der Waals surface area (Å²) in [4.78, 5) is 21.6. The number of anilines is 1. The second-order valence-electron chi connectivity index (χ2n) is 7.15. The molecule has 1 saturated carbocycles. The Balaban J connectivity index is 1.41. The fourth-order valence-electron chi connectivity index (χ4n) is 3.71. The van der Waals surface area contributed by atoms with Gasteiger partial charge in [0.05, 0.1) is 5.52 Å².